The molecule has 0 aromatic carbocycles. The monoisotopic (exact) mass is 454 g/mol. The molecule has 0 saturated carbocycles. The van der Waals surface area contributed by atoms with Crippen LogP contribution in [0.15, 0.2) is 49.1 Å². The minimum atomic E-state index is -0.366. The van der Waals surface area contributed by atoms with E-state index < -0.39 is 0 Å². The fourth-order valence-electron chi connectivity index (χ4n) is 2.28. The molecule has 9 heteroatoms. The predicted octanol–water partition coefficient (Wildman–Crippen LogP) is 5.75. The lowest BCUT2D eigenvalue weighted by atomic mass is 10.1. The molecule has 0 radical (unpaired) electrons. The van der Waals surface area contributed by atoms with Gasteiger partial charge in [-0.25, -0.2) is 14.8 Å². The van der Waals surface area contributed by atoms with Gasteiger partial charge in [-0.1, -0.05) is 35.3 Å². The number of carbonyl (C=O) groups excluding carboxylic acids is 1. The van der Waals surface area contributed by atoms with Crippen molar-refractivity contribution >= 4 is 40.8 Å². The Morgan fingerprint density at radius 3 is 2.10 bits per heavy atom. The third-order valence-corrected chi connectivity index (χ3v) is 4.65. The Bertz CT molecular complexity index is 912. The number of pyridine rings is 2. The second kappa shape index (κ2) is 11.1. The van der Waals surface area contributed by atoms with Crippen LogP contribution in [0.2, 0.25) is 10.3 Å². The lowest BCUT2D eigenvalue weighted by Gasteiger charge is -2.11. The van der Waals surface area contributed by atoms with Crippen molar-refractivity contribution in [2.45, 2.75) is 32.2 Å². The minimum absolute atomic E-state index is 0.00441. The molecule has 0 saturated heterocycles. The van der Waals surface area contributed by atoms with Crippen molar-refractivity contribution in [2.75, 3.05) is 6.61 Å². The molecular formula is C20H21Cl3N4O2. The van der Waals surface area contributed by atoms with Crippen molar-refractivity contribution in [3.63, 3.8) is 0 Å². The van der Waals surface area contributed by atoms with Crippen molar-refractivity contribution in [2.24, 2.45) is 0 Å². The number of ether oxygens (including phenoxy) is 1. The number of alkyl halides is 1. The number of aromatic nitrogens is 4. The Hall–Kier alpha value is -2.15. The lowest BCUT2D eigenvalue weighted by Crippen LogP contribution is -2.08. The van der Waals surface area contributed by atoms with E-state index in [1.807, 2.05) is 26.0 Å². The number of halogens is 3. The maximum Gasteiger partial charge on any atom is 0.341 e. The number of esters is 1. The minimum Gasteiger partial charge on any atom is -0.462 e. The van der Waals surface area contributed by atoms with Crippen molar-refractivity contribution in [3.05, 3.63) is 76.0 Å². The molecule has 2 atom stereocenters. The normalized spacial score (nSPS) is 12.5. The van der Waals surface area contributed by atoms with E-state index in [-0.39, 0.29) is 17.4 Å². The van der Waals surface area contributed by atoms with E-state index >= 15 is 0 Å². The summed E-state index contributed by atoms with van der Waals surface area (Å²) in [6, 6.07) is 7.17. The predicted molar refractivity (Wildman–Crippen MR) is 115 cm³/mol. The zero-order valence-corrected chi connectivity index (χ0v) is 18.5. The highest BCUT2D eigenvalue weighted by atomic mass is 35.5. The van der Waals surface area contributed by atoms with Crippen molar-refractivity contribution in [1.82, 2.24) is 19.7 Å². The first kappa shape index (κ1) is 23.1. The highest BCUT2D eigenvalue weighted by molar-refractivity contribution is 6.29. The van der Waals surface area contributed by atoms with Gasteiger partial charge in [-0.05, 0) is 44.0 Å². The molecule has 3 aromatic heterocycles. The van der Waals surface area contributed by atoms with E-state index in [0.717, 1.165) is 11.1 Å². The van der Waals surface area contributed by atoms with Crippen LogP contribution in [0.4, 0.5) is 0 Å². The summed E-state index contributed by atoms with van der Waals surface area (Å²) in [7, 11) is 0. The Balaban J connectivity index is 0.000000253. The van der Waals surface area contributed by atoms with Gasteiger partial charge in [-0.3, -0.25) is 4.68 Å². The third kappa shape index (κ3) is 6.99. The fourth-order valence-corrected chi connectivity index (χ4v) is 2.63. The Morgan fingerprint density at radius 1 is 1.03 bits per heavy atom. The molecule has 3 heterocycles. The van der Waals surface area contributed by atoms with Crippen LogP contribution in [0.1, 0.15) is 53.7 Å². The van der Waals surface area contributed by atoms with Gasteiger partial charge in [0.1, 0.15) is 10.3 Å². The average Bonchev–Trinajstić information content (AvgIpc) is 3.19. The molecule has 0 aliphatic carbocycles. The van der Waals surface area contributed by atoms with E-state index in [9.17, 15) is 4.79 Å². The molecule has 0 N–H and O–H groups in total. The summed E-state index contributed by atoms with van der Waals surface area (Å²) < 4.78 is 6.61. The van der Waals surface area contributed by atoms with Crippen molar-refractivity contribution in [3.8, 4) is 0 Å². The number of hydrogen-bond acceptors (Lipinski definition) is 5. The summed E-state index contributed by atoms with van der Waals surface area (Å²) in [5.74, 6) is -0.366. The van der Waals surface area contributed by atoms with E-state index in [0.29, 0.717) is 22.5 Å². The fraction of sp³-hybridized carbons (Fsp3) is 0.300. The molecule has 3 rings (SSSR count). The van der Waals surface area contributed by atoms with Crippen molar-refractivity contribution < 1.29 is 9.53 Å². The first-order valence-corrected chi connectivity index (χ1v) is 10.1. The molecule has 0 spiro atoms. The van der Waals surface area contributed by atoms with Gasteiger partial charge in [-0.15, -0.1) is 11.6 Å². The molecule has 29 heavy (non-hydrogen) atoms. The number of rotatable bonds is 5. The first-order chi connectivity index (χ1) is 13.8. The van der Waals surface area contributed by atoms with Crippen LogP contribution in [0.25, 0.3) is 0 Å². The first-order valence-electron chi connectivity index (χ1n) is 8.90. The SMILES string of the molecule is CC(Cl)c1ccc(Cl)nc1.CCOC(=O)c1cnn(C(C)c2ccc(Cl)nc2)c1. The van der Waals surface area contributed by atoms with Gasteiger partial charge >= 0.3 is 5.97 Å². The molecule has 0 bridgehead atoms. The van der Waals surface area contributed by atoms with Gasteiger partial charge in [0.25, 0.3) is 0 Å². The van der Waals surface area contributed by atoms with Gasteiger partial charge in [0.05, 0.1) is 29.8 Å². The van der Waals surface area contributed by atoms with E-state index in [1.54, 1.807) is 42.3 Å². The van der Waals surface area contributed by atoms with Gasteiger partial charge < -0.3 is 4.74 Å². The van der Waals surface area contributed by atoms with Crippen LogP contribution in [0, 0.1) is 0 Å². The second-order valence-electron chi connectivity index (χ2n) is 6.05. The highest BCUT2D eigenvalue weighted by Gasteiger charge is 2.14. The number of hydrogen-bond donors (Lipinski definition) is 0. The molecule has 3 aromatic rings. The summed E-state index contributed by atoms with van der Waals surface area (Å²) in [6.07, 6.45) is 6.54. The van der Waals surface area contributed by atoms with Gasteiger partial charge in [0.2, 0.25) is 0 Å². The molecule has 2 unspecified atom stereocenters. The highest BCUT2D eigenvalue weighted by Crippen LogP contribution is 2.19. The Morgan fingerprint density at radius 2 is 1.62 bits per heavy atom. The average molecular weight is 456 g/mol. The maximum atomic E-state index is 11.6. The molecule has 6 nitrogen and oxygen atoms in total. The van der Waals surface area contributed by atoms with Crippen LogP contribution in [0.5, 0.6) is 0 Å². The summed E-state index contributed by atoms with van der Waals surface area (Å²) in [4.78, 5) is 19.5. The lowest BCUT2D eigenvalue weighted by molar-refractivity contribution is 0.0526. The van der Waals surface area contributed by atoms with Crippen molar-refractivity contribution in [1.29, 1.82) is 0 Å². The van der Waals surface area contributed by atoms with E-state index in [2.05, 4.69) is 15.1 Å². The second-order valence-corrected chi connectivity index (χ2v) is 7.48. The Kier molecular flexibility index (Phi) is 8.89. The zero-order chi connectivity index (χ0) is 21.4. The standard InChI is InChI=1S/C13H14ClN3O2.C7H7Cl2N/c1-3-19-13(18)11-7-16-17(8-11)9(2)10-4-5-12(14)15-6-10;1-5(8)6-2-3-7(9)10-4-6/h4-9H,3H2,1-2H3;2-5H,1H3. The third-order valence-electron chi connectivity index (χ3n) is 3.95. The maximum absolute atomic E-state index is 11.6. The molecule has 0 aliphatic heterocycles. The topological polar surface area (TPSA) is 69.9 Å². The van der Waals surface area contributed by atoms with E-state index in [4.69, 9.17) is 39.5 Å². The molecular weight excluding hydrogens is 435 g/mol. The molecule has 0 aliphatic rings. The number of nitrogens with zero attached hydrogens (tertiary/aromatic N) is 4. The summed E-state index contributed by atoms with van der Waals surface area (Å²) in [5, 5.41) is 5.13. The van der Waals surface area contributed by atoms with Gasteiger partial charge in [0.15, 0.2) is 0 Å². The van der Waals surface area contributed by atoms with Crippen LogP contribution in [0.3, 0.4) is 0 Å². The molecule has 0 fully saturated rings. The summed E-state index contributed by atoms with van der Waals surface area (Å²) in [5.41, 5.74) is 2.39. The van der Waals surface area contributed by atoms with E-state index in [1.165, 1.54) is 6.20 Å². The van der Waals surface area contributed by atoms with Crippen LogP contribution < -0.4 is 0 Å². The van der Waals surface area contributed by atoms with Crippen LogP contribution in [-0.2, 0) is 4.74 Å². The van der Waals surface area contributed by atoms with Gasteiger partial charge in [-0.2, -0.15) is 5.10 Å². The Labute approximate surface area is 184 Å². The summed E-state index contributed by atoms with van der Waals surface area (Å²) >= 11 is 17.1. The van der Waals surface area contributed by atoms with Gasteiger partial charge in [0, 0.05) is 18.6 Å². The molecule has 0 amide bonds. The molecule has 154 valence electrons. The smallest absolute Gasteiger partial charge is 0.341 e. The largest absolute Gasteiger partial charge is 0.462 e. The van der Waals surface area contributed by atoms with Crippen LogP contribution in [-0.4, -0.2) is 32.3 Å². The number of carbonyl (C=O) groups is 1. The quantitative estimate of drug-likeness (QED) is 0.278. The zero-order valence-electron chi connectivity index (χ0n) is 16.2. The van der Waals surface area contributed by atoms with Crippen LogP contribution >= 0.6 is 34.8 Å². The summed E-state index contributed by atoms with van der Waals surface area (Å²) in [6.45, 7) is 5.98.